The van der Waals surface area contributed by atoms with Gasteiger partial charge < -0.3 is 5.32 Å². The predicted molar refractivity (Wildman–Crippen MR) is 73.4 cm³/mol. The monoisotopic (exact) mass is 242 g/mol. The van der Waals surface area contributed by atoms with Gasteiger partial charge >= 0.3 is 0 Å². The summed E-state index contributed by atoms with van der Waals surface area (Å²) >= 11 is 1.71. The van der Waals surface area contributed by atoms with Crippen LogP contribution in [0.1, 0.15) is 16.1 Å². The van der Waals surface area contributed by atoms with Gasteiger partial charge in [0.05, 0.1) is 11.2 Å². The van der Waals surface area contributed by atoms with Gasteiger partial charge in [0.2, 0.25) is 0 Å². The lowest BCUT2D eigenvalue weighted by Crippen LogP contribution is -2.04. The van der Waals surface area contributed by atoms with Crippen LogP contribution in [0.15, 0.2) is 29.8 Å². The molecule has 2 aromatic rings. The van der Waals surface area contributed by atoms with Crippen molar-refractivity contribution in [2.75, 3.05) is 11.9 Å². The molecule has 2 nitrogen and oxygen atoms in total. The van der Waals surface area contributed by atoms with E-state index in [-0.39, 0.29) is 0 Å². The van der Waals surface area contributed by atoms with Crippen LogP contribution in [0.5, 0.6) is 0 Å². The summed E-state index contributed by atoms with van der Waals surface area (Å²) in [5.74, 6) is 2.63. The van der Waals surface area contributed by atoms with E-state index in [1.165, 1.54) is 4.88 Å². The van der Waals surface area contributed by atoms with Crippen LogP contribution in [0.4, 0.5) is 5.69 Å². The van der Waals surface area contributed by atoms with Crippen molar-refractivity contribution in [3.63, 3.8) is 0 Å². The summed E-state index contributed by atoms with van der Waals surface area (Å²) in [5.41, 5.74) is 5.00. The molecule has 0 unspecified atom stereocenters. The van der Waals surface area contributed by atoms with E-state index < -0.39 is 0 Å². The summed E-state index contributed by atoms with van der Waals surface area (Å²) in [6.07, 6.45) is 6.36. The number of aryl methyl sites for hydroxylation is 1. The maximum atomic E-state index is 5.36. The summed E-state index contributed by atoms with van der Waals surface area (Å²) in [6, 6.07) is 7.91. The van der Waals surface area contributed by atoms with Crippen molar-refractivity contribution in [3.8, 4) is 12.3 Å². The van der Waals surface area contributed by atoms with Crippen molar-refractivity contribution in [3.05, 3.63) is 45.9 Å². The van der Waals surface area contributed by atoms with Crippen molar-refractivity contribution in [1.29, 1.82) is 0 Å². The molecule has 0 aliphatic heterocycles. The lowest BCUT2D eigenvalue weighted by Gasteiger charge is -2.06. The lowest BCUT2D eigenvalue weighted by atomic mass is 10.2. The highest BCUT2D eigenvalue weighted by Gasteiger charge is 2.00. The third-order valence-corrected chi connectivity index (χ3v) is 3.55. The van der Waals surface area contributed by atoms with Gasteiger partial charge in [0.25, 0.3) is 0 Å². The van der Waals surface area contributed by atoms with Crippen LogP contribution in [0.3, 0.4) is 0 Å². The number of thiazole rings is 1. The Balaban J connectivity index is 1.90. The molecular formula is C14H14N2S. The van der Waals surface area contributed by atoms with E-state index >= 15 is 0 Å². The molecule has 1 aromatic carbocycles. The molecule has 1 aromatic heterocycles. The molecule has 2 rings (SSSR count). The topological polar surface area (TPSA) is 24.9 Å². The molecule has 0 spiro atoms. The first-order valence-electron chi connectivity index (χ1n) is 5.49. The summed E-state index contributed by atoms with van der Waals surface area (Å²) in [7, 11) is 0. The highest BCUT2D eigenvalue weighted by Crippen LogP contribution is 2.14. The fourth-order valence-corrected chi connectivity index (χ4v) is 2.39. The fraction of sp³-hybridized carbons (Fsp3) is 0.214. The van der Waals surface area contributed by atoms with Crippen molar-refractivity contribution >= 4 is 17.0 Å². The SMILES string of the molecule is C#Cc1cccc(NCCc2scnc2C)c1. The number of rotatable bonds is 4. The molecular weight excluding hydrogens is 228 g/mol. The molecule has 0 saturated heterocycles. The maximum Gasteiger partial charge on any atom is 0.0797 e. The predicted octanol–water partition coefficient (Wildman–Crippen LogP) is 3.09. The summed E-state index contributed by atoms with van der Waals surface area (Å²) in [4.78, 5) is 5.57. The minimum atomic E-state index is 0.900. The third kappa shape index (κ3) is 3.08. The van der Waals surface area contributed by atoms with Gasteiger partial charge in [-0.25, -0.2) is 4.98 Å². The zero-order valence-electron chi connectivity index (χ0n) is 9.73. The number of nitrogens with one attached hydrogen (secondary N) is 1. The van der Waals surface area contributed by atoms with Gasteiger partial charge in [-0.1, -0.05) is 12.0 Å². The van der Waals surface area contributed by atoms with E-state index in [0.29, 0.717) is 0 Å². The van der Waals surface area contributed by atoms with Crippen LogP contribution in [0, 0.1) is 19.3 Å². The normalized spacial score (nSPS) is 9.88. The van der Waals surface area contributed by atoms with E-state index in [2.05, 4.69) is 16.2 Å². The second kappa shape index (κ2) is 5.51. The number of aromatic nitrogens is 1. The number of terminal acetylenes is 1. The second-order valence-corrected chi connectivity index (χ2v) is 4.70. The quantitative estimate of drug-likeness (QED) is 0.833. The minimum Gasteiger partial charge on any atom is -0.385 e. The molecule has 17 heavy (non-hydrogen) atoms. The molecule has 0 radical (unpaired) electrons. The zero-order valence-corrected chi connectivity index (χ0v) is 10.6. The van der Waals surface area contributed by atoms with Gasteiger partial charge in [-0.2, -0.15) is 0 Å². The van der Waals surface area contributed by atoms with Gasteiger partial charge in [0.1, 0.15) is 0 Å². The maximum absolute atomic E-state index is 5.36. The molecule has 0 atom stereocenters. The average molecular weight is 242 g/mol. The van der Waals surface area contributed by atoms with Crippen LogP contribution < -0.4 is 5.32 Å². The number of hydrogen-bond donors (Lipinski definition) is 1. The van der Waals surface area contributed by atoms with Crippen molar-refractivity contribution < 1.29 is 0 Å². The number of benzene rings is 1. The third-order valence-electron chi connectivity index (χ3n) is 2.56. The van der Waals surface area contributed by atoms with Crippen LogP contribution in [-0.4, -0.2) is 11.5 Å². The molecule has 0 saturated carbocycles. The average Bonchev–Trinajstić information content (AvgIpc) is 2.76. The smallest absolute Gasteiger partial charge is 0.0797 e. The summed E-state index contributed by atoms with van der Waals surface area (Å²) in [5, 5.41) is 3.37. The van der Waals surface area contributed by atoms with Crippen molar-refractivity contribution in [2.45, 2.75) is 13.3 Å². The lowest BCUT2D eigenvalue weighted by molar-refractivity contribution is 1.02. The Morgan fingerprint density at radius 3 is 3.06 bits per heavy atom. The molecule has 0 aliphatic rings. The molecule has 1 N–H and O–H groups in total. The van der Waals surface area contributed by atoms with Crippen LogP contribution in [0.2, 0.25) is 0 Å². The molecule has 3 heteroatoms. The van der Waals surface area contributed by atoms with Gasteiger partial charge in [-0.3, -0.25) is 0 Å². The van der Waals surface area contributed by atoms with Crippen LogP contribution >= 0.6 is 11.3 Å². The Morgan fingerprint density at radius 1 is 1.47 bits per heavy atom. The Morgan fingerprint density at radius 2 is 2.35 bits per heavy atom. The number of hydrogen-bond acceptors (Lipinski definition) is 3. The number of nitrogens with zero attached hydrogens (tertiary/aromatic N) is 1. The molecule has 86 valence electrons. The van der Waals surface area contributed by atoms with E-state index in [9.17, 15) is 0 Å². The van der Waals surface area contributed by atoms with E-state index in [0.717, 1.165) is 29.9 Å². The van der Waals surface area contributed by atoms with E-state index in [1.807, 2.05) is 36.7 Å². The number of anilines is 1. The Hall–Kier alpha value is -1.79. The Bertz CT molecular complexity index is 537. The molecule has 0 bridgehead atoms. The standard InChI is InChI=1S/C14H14N2S/c1-3-12-5-4-6-13(9-12)15-8-7-14-11(2)16-10-17-14/h1,4-6,9-10,15H,7-8H2,2H3. The van der Waals surface area contributed by atoms with Gasteiger partial charge in [-0.15, -0.1) is 17.8 Å². The Labute approximate surface area is 106 Å². The summed E-state index contributed by atoms with van der Waals surface area (Å²) < 4.78 is 0. The summed E-state index contributed by atoms with van der Waals surface area (Å²) in [6.45, 7) is 2.95. The first-order chi connectivity index (χ1) is 8.29. The second-order valence-electron chi connectivity index (χ2n) is 3.76. The van der Waals surface area contributed by atoms with Gasteiger partial charge in [0.15, 0.2) is 0 Å². The highest BCUT2D eigenvalue weighted by molar-refractivity contribution is 7.09. The van der Waals surface area contributed by atoms with Crippen molar-refractivity contribution in [1.82, 2.24) is 4.98 Å². The minimum absolute atomic E-state index is 0.900. The van der Waals surface area contributed by atoms with Crippen LogP contribution in [0.25, 0.3) is 0 Å². The molecule has 1 heterocycles. The first kappa shape index (κ1) is 11.7. The Kier molecular flexibility index (Phi) is 3.79. The highest BCUT2D eigenvalue weighted by atomic mass is 32.1. The van der Waals surface area contributed by atoms with Crippen molar-refractivity contribution in [2.24, 2.45) is 0 Å². The van der Waals surface area contributed by atoms with E-state index in [4.69, 9.17) is 6.42 Å². The van der Waals surface area contributed by atoms with Gasteiger partial charge in [-0.05, 0) is 25.1 Å². The first-order valence-corrected chi connectivity index (χ1v) is 6.37. The fourth-order valence-electron chi connectivity index (χ4n) is 1.61. The molecule has 0 aliphatic carbocycles. The largest absolute Gasteiger partial charge is 0.385 e. The molecule has 0 amide bonds. The van der Waals surface area contributed by atoms with Crippen LogP contribution in [-0.2, 0) is 6.42 Å². The molecule has 0 fully saturated rings. The zero-order chi connectivity index (χ0) is 12.1. The van der Waals surface area contributed by atoms with E-state index in [1.54, 1.807) is 11.3 Å². The van der Waals surface area contributed by atoms with Gasteiger partial charge in [0, 0.05) is 29.1 Å².